The SMILES string of the molecule is COC(=O)N[C@H](C(=O)N1CCC[C@H]1c1ncc(-c2ccc(-c3ccc(-c4cnc([C@@H]5CCCN5C(=O)[C@@H](NC(=O)OC)C(C)C)[nH]4)c4cc(C)sc34)cc2)[nH]1)C(C)C.COC(=O)N[C@H](C(=O)N1CCC[C@H]1c1ncc(-c2ccc(-c3ccc(-c4cnc([C@@H]5CCCN5C(=O)[C@@H](NC(=O)OC)C(C)C)[nH]4)c4ccsc34)cc2)[nH]1)C(C)C. The number of carbonyl (C=O) groups is 8. The van der Waals surface area contributed by atoms with Gasteiger partial charge in [-0.15, -0.1) is 22.7 Å². The number of methoxy groups -OCH3 is 4. The molecule has 0 radical (unpaired) electrons. The Morgan fingerprint density at radius 2 is 0.670 bits per heavy atom. The Morgan fingerprint density at radius 3 is 0.991 bits per heavy atom. The lowest BCUT2D eigenvalue weighted by atomic mass is 9.98. The maximum absolute atomic E-state index is 13.7. The van der Waals surface area contributed by atoms with Gasteiger partial charge in [-0.05, 0) is 133 Å². The number of hydrogen-bond acceptors (Lipinski definition) is 18. The van der Waals surface area contributed by atoms with Gasteiger partial charge in [-0.2, -0.15) is 0 Å². The van der Waals surface area contributed by atoms with Gasteiger partial charge in [-0.25, -0.2) is 39.1 Å². The number of amides is 8. The minimum atomic E-state index is -0.698. The van der Waals surface area contributed by atoms with Crippen molar-refractivity contribution in [3.05, 3.63) is 143 Å². The van der Waals surface area contributed by atoms with E-state index in [1.54, 1.807) is 22.7 Å². The van der Waals surface area contributed by atoms with Crippen molar-refractivity contribution in [2.75, 3.05) is 54.6 Å². The molecule has 6 aromatic heterocycles. The van der Waals surface area contributed by atoms with E-state index in [2.05, 4.69) is 138 Å². The van der Waals surface area contributed by atoms with Crippen LogP contribution in [0.4, 0.5) is 19.2 Å². The van der Waals surface area contributed by atoms with Gasteiger partial charge in [0.2, 0.25) is 23.6 Å². The van der Waals surface area contributed by atoms with Crippen molar-refractivity contribution in [1.29, 1.82) is 0 Å². The highest BCUT2D eigenvalue weighted by atomic mass is 32.1. The van der Waals surface area contributed by atoms with E-state index in [9.17, 15) is 38.4 Å². The van der Waals surface area contributed by atoms with E-state index in [1.165, 1.54) is 38.0 Å². The Labute approximate surface area is 676 Å². The topological polar surface area (TPSA) is 349 Å². The Kier molecular flexibility index (Phi) is 25.2. The number of fused-ring (bicyclic) bond motifs is 2. The predicted octanol–water partition coefficient (Wildman–Crippen LogP) is 15.2. The quantitative estimate of drug-likeness (QED) is 0.0292. The van der Waals surface area contributed by atoms with E-state index in [4.69, 9.17) is 38.9 Å². The third-order valence-corrected chi connectivity index (χ3v) is 24.4. The van der Waals surface area contributed by atoms with Gasteiger partial charge in [0.05, 0.1) is 100 Å². The Morgan fingerprint density at radius 1 is 0.383 bits per heavy atom. The first-order valence-corrected chi connectivity index (χ1v) is 41.1. The zero-order chi connectivity index (χ0) is 81.6. The van der Waals surface area contributed by atoms with Gasteiger partial charge < -0.3 is 79.8 Å². The summed E-state index contributed by atoms with van der Waals surface area (Å²) in [7, 11) is 5.17. The Balaban J connectivity index is 0.000000200. The number of likely N-dealkylation sites (tertiary alicyclic amines) is 4. The summed E-state index contributed by atoms with van der Waals surface area (Å²) in [5.74, 6) is 1.89. The monoisotopic (exact) mass is 1600 g/mol. The van der Waals surface area contributed by atoms with Crippen molar-refractivity contribution in [3.63, 3.8) is 0 Å². The summed E-state index contributed by atoms with van der Waals surface area (Å²) in [5, 5.41) is 15.2. The lowest BCUT2D eigenvalue weighted by Crippen LogP contribution is -2.51. The summed E-state index contributed by atoms with van der Waals surface area (Å²) < 4.78 is 21.4. The van der Waals surface area contributed by atoms with Crippen molar-refractivity contribution in [2.45, 2.75) is 162 Å². The number of nitrogens with zero attached hydrogens (tertiary/aromatic N) is 8. The van der Waals surface area contributed by atoms with Gasteiger partial charge in [0, 0.05) is 62.4 Å². The molecule has 4 aromatic carbocycles. The van der Waals surface area contributed by atoms with Gasteiger partial charge >= 0.3 is 24.4 Å². The molecule has 28 nitrogen and oxygen atoms in total. The number of carbonyl (C=O) groups excluding carboxylic acids is 8. The summed E-state index contributed by atoms with van der Waals surface area (Å²) >= 11 is 3.43. The van der Waals surface area contributed by atoms with Crippen LogP contribution < -0.4 is 21.3 Å². The number of hydrogen-bond donors (Lipinski definition) is 8. The summed E-state index contributed by atoms with van der Waals surface area (Å²) in [6.45, 7) is 19.7. The van der Waals surface area contributed by atoms with Crippen LogP contribution in [0.5, 0.6) is 0 Å². The summed E-state index contributed by atoms with van der Waals surface area (Å²) in [5.41, 5.74) is 11.9. The maximum atomic E-state index is 13.7. The number of aromatic nitrogens is 8. The molecule has 115 heavy (non-hydrogen) atoms. The molecule has 0 unspecified atom stereocenters. The van der Waals surface area contributed by atoms with Gasteiger partial charge in [0.15, 0.2) is 0 Å². The molecule has 0 bridgehead atoms. The van der Waals surface area contributed by atoms with Crippen molar-refractivity contribution >= 4 is 90.8 Å². The van der Waals surface area contributed by atoms with Gasteiger partial charge in [0.1, 0.15) is 47.5 Å². The van der Waals surface area contributed by atoms with Crippen molar-refractivity contribution < 1.29 is 57.3 Å². The fourth-order valence-electron chi connectivity index (χ4n) is 16.3. The standard InChI is InChI=1S/C43H52N8O6S.C42H50N8O6S/c1-23(2)35(48-42(54)56-6)40(52)50-18-8-10-33(50)38-44-21-31(46-38)27-14-12-26(13-15-27)28-16-17-29(30-20-25(5)58-37(28)30)32-22-45-39(47-32)34-11-9-19-51(34)41(53)36(24(3)4)49-43(55)57-7;1-23(2)34(47-41(53)55-5)39(51)49-18-7-9-32(49)37-43-21-30(45-37)26-13-11-25(12-14-26)27-15-16-28(29-17-20-57-36(27)29)31-22-44-38(46-31)33-10-8-19-50(33)40(52)35(24(3)4)48-42(54)56-6/h12-17,20-24,33-36H,8-11,18-19H2,1-7H3,(H,44,46)(H,45,47)(H,48,54)(H,49,55);11-17,20-24,32-35H,7-10,18-19H2,1-6H3,(H,43,45)(H,44,46)(H,47,53)(H,48,54)/t33-,34-,35-,36-;32-,33-,34-,35-/m00/s1. The number of ether oxygens (including phenoxy) is 4. The highest BCUT2D eigenvalue weighted by Gasteiger charge is 2.42. The molecule has 4 aliphatic rings. The summed E-state index contributed by atoms with van der Waals surface area (Å²) in [6, 6.07) is 26.0. The average molecular weight is 1600 g/mol. The number of alkyl carbamates (subject to hydrolysis) is 4. The molecule has 4 fully saturated rings. The molecule has 0 spiro atoms. The second kappa shape index (κ2) is 35.6. The minimum absolute atomic E-state index is 0.108. The van der Waals surface area contributed by atoms with E-state index in [-0.39, 0.29) is 71.5 Å². The number of benzene rings is 4. The number of thiophene rings is 2. The number of rotatable bonds is 22. The first kappa shape index (κ1) is 81.6. The smallest absolute Gasteiger partial charge is 0.407 e. The number of imidazole rings is 4. The van der Waals surface area contributed by atoms with Crippen LogP contribution in [0.25, 0.3) is 87.5 Å². The average Bonchev–Trinajstić information content (AvgIpc) is 1.65. The predicted molar refractivity (Wildman–Crippen MR) is 441 cm³/mol. The lowest BCUT2D eigenvalue weighted by molar-refractivity contribution is -0.136. The number of H-pyrrole nitrogens is 4. The Hall–Kier alpha value is -11.4. The molecule has 4 saturated heterocycles. The van der Waals surface area contributed by atoms with Crippen LogP contribution in [0.15, 0.2) is 115 Å². The molecule has 10 aromatic rings. The van der Waals surface area contributed by atoms with Crippen LogP contribution in [0.2, 0.25) is 0 Å². The van der Waals surface area contributed by atoms with Gasteiger partial charge in [-0.1, -0.05) is 128 Å². The zero-order valence-electron chi connectivity index (χ0n) is 67.2. The molecule has 8 N–H and O–H groups in total. The zero-order valence-corrected chi connectivity index (χ0v) is 68.8. The van der Waals surface area contributed by atoms with Crippen molar-refractivity contribution in [3.8, 4) is 67.3 Å². The molecule has 0 aliphatic carbocycles. The fourth-order valence-corrected chi connectivity index (χ4v) is 18.3. The van der Waals surface area contributed by atoms with E-state index < -0.39 is 48.5 Å². The Bertz CT molecular complexity index is 5170. The molecule has 606 valence electrons. The molecule has 30 heteroatoms. The third kappa shape index (κ3) is 17.4. The second-order valence-corrected chi connectivity index (χ2v) is 33.3. The molecular weight excluding hydrogens is 1500 g/mol. The fraction of sp³-hybridized carbons (Fsp3) is 0.435. The largest absolute Gasteiger partial charge is 0.453 e. The van der Waals surface area contributed by atoms with Crippen molar-refractivity contribution in [1.82, 2.24) is 80.7 Å². The number of aromatic amines is 4. The van der Waals surface area contributed by atoms with Gasteiger partial charge in [0.25, 0.3) is 0 Å². The van der Waals surface area contributed by atoms with Crippen molar-refractivity contribution in [2.24, 2.45) is 23.7 Å². The second-order valence-electron chi connectivity index (χ2n) is 31.2. The molecule has 10 heterocycles. The van der Waals surface area contributed by atoms with Crippen LogP contribution >= 0.6 is 22.7 Å². The minimum Gasteiger partial charge on any atom is -0.453 e. The molecule has 14 rings (SSSR count). The number of nitrogens with one attached hydrogen (secondary N) is 8. The van der Waals surface area contributed by atoms with Gasteiger partial charge in [-0.3, -0.25) is 19.2 Å². The first-order valence-electron chi connectivity index (χ1n) is 39.4. The molecular formula is C85H102N16O12S2. The highest BCUT2D eigenvalue weighted by molar-refractivity contribution is 7.19. The molecule has 0 saturated carbocycles. The van der Waals surface area contributed by atoms with Crippen LogP contribution in [0.3, 0.4) is 0 Å². The van der Waals surface area contributed by atoms with E-state index in [1.807, 2.05) is 99.8 Å². The van der Waals surface area contributed by atoms with Crippen LogP contribution in [0, 0.1) is 30.6 Å². The molecule has 8 atom stereocenters. The number of aryl methyl sites for hydroxylation is 1. The summed E-state index contributed by atoms with van der Waals surface area (Å²) in [6.07, 6.45) is 11.3. The lowest BCUT2D eigenvalue weighted by Gasteiger charge is -2.30. The van der Waals surface area contributed by atoms with E-state index in [0.717, 1.165) is 157 Å². The van der Waals surface area contributed by atoms with E-state index in [0.29, 0.717) is 26.2 Å². The molecule has 8 amide bonds. The molecule has 4 aliphatic heterocycles. The third-order valence-electron chi connectivity index (χ3n) is 22.4. The summed E-state index contributed by atoms with van der Waals surface area (Å²) in [4.78, 5) is 144. The highest BCUT2D eigenvalue weighted by Crippen LogP contribution is 2.45. The maximum Gasteiger partial charge on any atom is 0.407 e. The van der Waals surface area contributed by atoms with E-state index >= 15 is 0 Å². The van der Waals surface area contributed by atoms with Crippen LogP contribution in [-0.2, 0) is 38.1 Å². The normalized spacial score (nSPS) is 17.9. The van der Waals surface area contributed by atoms with Crippen LogP contribution in [-0.4, -0.2) is 186 Å². The van der Waals surface area contributed by atoms with Crippen LogP contribution in [0.1, 0.15) is 159 Å². The first-order chi connectivity index (χ1) is 55.4.